The molecule has 0 saturated heterocycles. The molecule has 0 radical (unpaired) electrons. The molecule has 3 heteroatoms. The average Bonchev–Trinajstić information content (AvgIpc) is 2.38. The van der Waals surface area contributed by atoms with E-state index in [0.717, 1.165) is 40.9 Å². The van der Waals surface area contributed by atoms with Crippen LogP contribution >= 0.6 is 0 Å². The van der Waals surface area contributed by atoms with Gasteiger partial charge in [0.15, 0.2) is 0 Å². The molecule has 0 saturated carbocycles. The predicted molar refractivity (Wildman–Crippen MR) is 68.4 cm³/mol. The normalized spacial score (nSPS) is 13.5. The van der Waals surface area contributed by atoms with E-state index in [1.54, 1.807) is 0 Å². The molecule has 0 amide bonds. The molecule has 1 aliphatic heterocycles. The van der Waals surface area contributed by atoms with Crippen LogP contribution in [-0.4, -0.2) is 22.7 Å². The summed E-state index contributed by atoms with van der Waals surface area (Å²) in [6.07, 6.45) is 8.51. The van der Waals surface area contributed by atoms with Crippen molar-refractivity contribution in [2.45, 2.75) is 13.3 Å². The quantitative estimate of drug-likeness (QED) is 0.744. The molecule has 0 bridgehead atoms. The van der Waals surface area contributed by atoms with Gasteiger partial charge in [0, 0.05) is 54.5 Å². The number of pyridine rings is 2. The van der Waals surface area contributed by atoms with Crippen molar-refractivity contribution < 1.29 is 0 Å². The van der Waals surface area contributed by atoms with Gasteiger partial charge in [-0.05, 0) is 24.6 Å². The SMILES string of the molecule is Cc1cncc(-c2cnc3c(c2)C=NCC3)c1. The van der Waals surface area contributed by atoms with E-state index in [2.05, 4.69) is 27.1 Å². The summed E-state index contributed by atoms with van der Waals surface area (Å²) >= 11 is 0. The highest BCUT2D eigenvalue weighted by molar-refractivity contribution is 5.84. The van der Waals surface area contributed by atoms with Crippen LogP contribution in [0.5, 0.6) is 0 Å². The first-order valence-electron chi connectivity index (χ1n) is 5.74. The van der Waals surface area contributed by atoms with E-state index in [1.165, 1.54) is 0 Å². The molecular weight excluding hydrogens is 210 g/mol. The monoisotopic (exact) mass is 223 g/mol. The number of aliphatic imine (C=N–C) groups is 1. The van der Waals surface area contributed by atoms with E-state index >= 15 is 0 Å². The zero-order valence-corrected chi connectivity index (χ0v) is 9.72. The predicted octanol–water partition coefficient (Wildman–Crippen LogP) is 2.43. The van der Waals surface area contributed by atoms with E-state index in [4.69, 9.17) is 0 Å². The van der Waals surface area contributed by atoms with Crippen molar-refractivity contribution in [1.82, 2.24) is 9.97 Å². The molecule has 0 N–H and O–H groups in total. The average molecular weight is 223 g/mol. The Labute approximate surface area is 100 Å². The van der Waals surface area contributed by atoms with Crippen molar-refractivity contribution in [3.63, 3.8) is 0 Å². The second-order valence-corrected chi connectivity index (χ2v) is 4.30. The molecule has 1 aliphatic rings. The first kappa shape index (κ1) is 10.1. The summed E-state index contributed by atoms with van der Waals surface area (Å²) < 4.78 is 0. The van der Waals surface area contributed by atoms with Crippen LogP contribution in [-0.2, 0) is 6.42 Å². The number of hydrogen-bond acceptors (Lipinski definition) is 3. The third-order valence-electron chi connectivity index (χ3n) is 2.92. The molecule has 0 atom stereocenters. The van der Waals surface area contributed by atoms with Crippen LogP contribution in [0.4, 0.5) is 0 Å². The standard InChI is InChI=1S/C14H13N3/c1-10-4-11(7-16-6-10)12-5-13-8-15-3-2-14(13)17-9-12/h4-9H,2-3H2,1H3. The smallest absolute Gasteiger partial charge is 0.0510 e. The van der Waals surface area contributed by atoms with Gasteiger partial charge in [-0.15, -0.1) is 0 Å². The van der Waals surface area contributed by atoms with Crippen LogP contribution in [0.15, 0.2) is 35.7 Å². The highest BCUT2D eigenvalue weighted by atomic mass is 14.8. The van der Waals surface area contributed by atoms with Crippen LogP contribution in [0.25, 0.3) is 11.1 Å². The molecule has 0 unspecified atom stereocenters. The van der Waals surface area contributed by atoms with Gasteiger partial charge >= 0.3 is 0 Å². The molecule has 3 rings (SSSR count). The minimum Gasteiger partial charge on any atom is -0.292 e. The number of aryl methyl sites for hydroxylation is 1. The molecule has 2 aromatic rings. The van der Waals surface area contributed by atoms with Crippen LogP contribution in [0.3, 0.4) is 0 Å². The molecule has 2 aromatic heterocycles. The van der Waals surface area contributed by atoms with Gasteiger partial charge in [0.1, 0.15) is 0 Å². The Morgan fingerprint density at radius 3 is 2.82 bits per heavy atom. The van der Waals surface area contributed by atoms with E-state index < -0.39 is 0 Å². The van der Waals surface area contributed by atoms with Crippen LogP contribution in [0.2, 0.25) is 0 Å². The second-order valence-electron chi connectivity index (χ2n) is 4.30. The minimum atomic E-state index is 0.853. The zero-order chi connectivity index (χ0) is 11.7. The van der Waals surface area contributed by atoms with Gasteiger partial charge in [-0.3, -0.25) is 15.0 Å². The van der Waals surface area contributed by atoms with E-state index in [-0.39, 0.29) is 0 Å². The Kier molecular flexibility index (Phi) is 2.44. The Bertz CT molecular complexity index is 588. The second kappa shape index (κ2) is 4.09. The van der Waals surface area contributed by atoms with Gasteiger partial charge in [-0.1, -0.05) is 0 Å². The van der Waals surface area contributed by atoms with Crippen molar-refractivity contribution in [1.29, 1.82) is 0 Å². The molecule has 3 heterocycles. The highest BCUT2D eigenvalue weighted by Gasteiger charge is 2.08. The van der Waals surface area contributed by atoms with Gasteiger partial charge in [0.2, 0.25) is 0 Å². The third-order valence-corrected chi connectivity index (χ3v) is 2.92. The maximum Gasteiger partial charge on any atom is 0.0510 e. The third kappa shape index (κ3) is 1.96. The summed E-state index contributed by atoms with van der Waals surface area (Å²) in [7, 11) is 0. The van der Waals surface area contributed by atoms with Crippen LogP contribution < -0.4 is 0 Å². The van der Waals surface area contributed by atoms with Gasteiger partial charge in [0.05, 0.1) is 5.69 Å². The summed E-state index contributed by atoms with van der Waals surface area (Å²) in [6.45, 7) is 2.90. The van der Waals surface area contributed by atoms with E-state index in [9.17, 15) is 0 Å². The largest absolute Gasteiger partial charge is 0.292 e. The summed E-state index contributed by atoms with van der Waals surface area (Å²) in [5.74, 6) is 0. The van der Waals surface area contributed by atoms with Crippen LogP contribution in [0.1, 0.15) is 16.8 Å². The molecule has 0 fully saturated rings. The molecule has 0 aromatic carbocycles. The van der Waals surface area contributed by atoms with Crippen molar-refractivity contribution in [3.8, 4) is 11.1 Å². The van der Waals surface area contributed by atoms with Crippen molar-refractivity contribution in [2.75, 3.05) is 6.54 Å². The van der Waals surface area contributed by atoms with Gasteiger partial charge in [-0.2, -0.15) is 0 Å². The fourth-order valence-electron chi connectivity index (χ4n) is 2.03. The fourth-order valence-corrected chi connectivity index (χ4v) is 2.03. The molecular formula is C14H13N3. The molecule has 17 heavy (non-hydrogen) atoms. The lowest BCUT2D eigenvalue weighted by Gasteiger charge is -2.10. The van der Waals surface area contributed by atoms with Crippen molar-refractivity contribution in [2.24, 2.45) is 4.99 Å². The number of fused-ring (bicyclic) bond motifs is 1. The first-order valence-corrected chi connectivity index (χ1v) is 5.74. The number of aromatic nitrogens is 2. The molecule has 84 valence electrons. The van der Waals surface area contributed by atoms with E-state index in [0.29, 0.717) is 0 Å². The summed E-state index contributed by atoms with van der Waals surface area (Å²) in [5.41, 5.74) is 5.65. The topological polar surface area (TPSA) is 38.1 Å². The number of hydrogen-bond donors (Lipinski definition) is 0. The summed E-state index contributed by atoms with van der Waals surface area (Å²) in [4.78, 5) is 13.0. The highest BCUT2D eigenvalue weighted by Crippen LogP contribution is 2.21. The van der Waals surface area contributed by atoms with Crippen molar-refractivity contribution >= 4 is 6.21 Å². The molecule has 0 aliphatic carbocycles. The Hall–Kier alpha value is -2.03. The Morgan fingerprint density at radius 2 is 1.94 bits per heavy atom. The van der Waals surface area contributed by atoms with E-state index in [1.807, 2.05) is 31.7 Å². The maximum absolute atomic E-state index is 4.51. The first-order chi connectivity index (χ1) is 8.33. The van der Waals surface area contributed by atoms with Crippen molar-refractivity contribution in [3.05, 3.63) is 47.5 Å². The summed E-state index contributed by atoms with van der Waals surface area (Å²) in [6, 6.07) is 4.26. The van der Waals surface area contributed by atoms with Gasteiger partial charge in [-0.25, -0.2) is 0 Å². The van der Waals surface area contributed by atoms with Crippen LogP contribution in [0, 0.1) is 6.92 Å². The van der Waals surface area contributed by atoms with Gasteiger partial charge < -0.3 is 0 Å². The molecule has 3 nitrogen and oxygen atoms in total. The minimum absolute atomic E-state index is 0.853. The number of rotatable bonds is 1. The number of nitrogens with zero attached hydrogens (tertiary/aromatic N) is 3. The lowest BCUT2D eigenvalue weighted by molar-refractivity contribution is 0.906. The Balaban J connectivity index is 2.08. The fraction of sp³-hybridized carbons (Fsp3) is 0.214. The zero-order valence-electron chi connectivity index (χ0n) is 9.72. The van der Waals surface area contributed by atoms with Gasteiger partial charge in [0.25, 0.3) is 0 Å². The maximum atomic E-state index is 4.51. The lowest BCUT2D eigenvalue weighted by atomic mass is 10.0. The summed E-state index contributed by atoms with van der Waals surface area (Å²) in [5, 5.41) is 0. The molecule has 0 spiro atoms. The lowest BCUT2D eigenvalue weighted by Crippen LogP contribution is -2.05. The Morgan fingerprint density at radius 1 is 1.06 bits per heavy atom.